The molecular formula is C17H19N5O6. The lowest BCUT2D eigenvalue weighted by Gasteiger charge is -2.38. The van der Waals surface area contributed by atoms with Gasteiger partial charge in [-0.05, 0) is 0 Å². The van der Waals surface area contributed by atoms with E-state index in [9.17, 15) is 20.4 Å². The second kappa shape index (κ2) is 7.73. The monoisotopic (exact) mass is 389 g/mol. The third-order valence-corrected chi connectivity index (χ3v) is 4.52. The molecule has 1 aromatic carbocycles. The van der Waals surface area contributed by atoms with E-state index in [2.05, 4.69) is 20.5 Å². The Morgan fingerprint density at radius 1 is 0.964 bits per heavy atom. The van der Waals surface area contributed by atoms with E-state index in [4.69, 9.17) is 9.15 Å². The van der Waals surface area contributed by atoms with E-state index in [1.165, 1.54) is 4.68 Å². The molecule has 0 aliphatic carbocycles. The van der Waals surface area contributed by atoms with E-state index in [-0.39, 0.29) is 18.3 Å². The van der Waals surface area contributed by atoms with Crippen molar-refractivity contribution in [2.45, 2.75) is 37.1 Å². The van der Waals surface area contributed by atoms with E-state index in [1.54, 1.807) is 6.20 Å². The summed E-state index contributed by atoms with van der Waals surface area (Å²) in [5.74, 6) is 0.117. The number of nitrogens with zero attached hydrogens (tertiary/aromatic N) is 5. The van der Waals surface area contributed by atoms with Crippen LogP contribution >= 0.6 is 0 Å². The van der Waals surface area contributed by atoms with Crippen molar-refractivity contribution < 1.29 is 29.6 Å². The Kier molecular flexibility index (Phi) is 5.15. The van der Waals surface area contributed by atoms with Crippen molar-refractivity contribution in [1.29, 1.82) is 0 Å². The highest BCUT2D eigenvalue weighted by molar-refractivity contribution is 5.57. The average Bonchev–Trinajstić information content (AvgIpc) is 3.37. The van der Waals surface area contributed by atoms with Crippen molar-refractivity contribution in [3.05, 3.63) is 48.3 Å². The predicted octanol–water partition coefficient (Wildman–Crippen LogP) is -1.11. The second-order valence-electron chi connectivity index (χ2n) is 6.45. The van der Waals surface area contributed by atoms with E-state index < -0.39 is 37.1 Å². The van der Waals surface area contributed by atoms with Crippen molar-refractivity contribution in [3.63, 3.8) is 0 Å². The van der Waals surface area contributed by atoms with Crippen molar-refractivity contribution >= 4 is 0 Å². The molecule has 148 valence electrons. The second-order valence-corrected chi connectivity index (χ2v) is 6.45. The standard InChI is InChI=1S/C17H19N5O6/c23-8-11-13(24)14(25)15(26)16(27-11)17-20-19-12(28-17)7-22-6-10(18-21-22)9-4-2-1-3-5-9/h1-6,11,13-16,23-26H,7-8H2/t11-,13-,14+,15-,16-/m1/s1. The molecule has 5 atom stereocenters. The highest BCUT2D eigenvalue weighted by Crippen LogP contribution is 2.31. The molecule has 4 N–H and O–H groups in total. The Balaban J connectivity index is 1.48. The number of benzene rings is 1. The Morgan fingerprint density at radius 2 is 1.75 bits per heavy atom. The van der Waals surface area contributed by atoms with Gasteiger partial charge in [0.15, 0.2) is 6.10 Å². The van der Waals surface area contributed by atoms with Gasteiger partial charge in [0.05, 0.1) is 12.8 Å². The van der Waals surface area contributed by atoms with Crippen LogP contribution < -0.4 is 0 Å². The van der Waals surface area contributed by atoms with Gasteiger partial charge in [-0.15, -0.1) is 15.3 Å². The van der Waals surface area contributed by atoms with E-state index >= 15 is 0 Å². The summed E-state index contributed by atoms with van der Waals surface area (Å²) in [4.78, 5) is 0. The minimum atomic E-state index is -1.52. The van der Waals surface area contributed by atoms with E-state index in [1.807, 2.05) is 30.3 Å². The lowest BCUT2D eigenvalue weighted by molar-refractivity contribution is -0.236. The van der Waals surface area contributed by atoms with Gasteiger partial charge in [0.25, 0.3) is 0 Å². The maximum Gasteiger partial charge on any atom is 0.248 e. The van der Waals surface area contributed by atoms with Crippen LogP contribution in [0, 0.1) is 0 Å². The van der Waals surface area contributed by atoms with Crippen LogP contribution in [0.1, 0.15) is 17.9 Å². The Hall–Kier alpha value is -2.70. The van der Waals surface area contributed by atoms with Crippen LogP contribution in [0.15, 0.2) is 40.9 Å². The van der Waals surface area contributed by atoms with Crippen molar-refractivity contribution in [3.8, 4) is 11.3 Å². The number of ether oxygens (including phenoxy) is 1. The highest BCUT2D eigenvalue weighted by atomic mass is 16.6. The zero-order valence-corrected chi connectivity index (χ0v) is 14.6. The molecule has 1 fully saturated rings. The fourth-order valence-electron chi connectivity index (χ4n) is 3.01. The summed E-state index contributed by atoms with van der Waals surface area (Å²) in [5, 5.41) is 55.0. The Labute approximate surface area is 158 Å². The summed E-state index contributed by atoms with van der Waals surface area (Å²) in [6.07, 6.45) is -4.95. The predicted molar refractivity (Wildman–Crippen MR) is 91.6 cm³/mol. The van der Waals surface area contributed by atoms with Gasteiger partial charge < -0.3 is 29.6 Å². The van der Waals surface area contributed by atoms with E-state index in [0.717, 1.165) is 5.56 Å². The zero-order chi connectivity index (χ0) is 19.7. The summed E-state index contributed by atoms with van der Waals surface area (Å²) >= 11 is 0. The van der Waals surface area contributed by atoms with Crippen molar-refractivity contribution in [2.75, 3.05) is 6.61 Å². The molecule has 0 bridgehead atoms. The first-order chi connectivity index (χ1) is 13.6. The Bertz CT molecular complexity index is 914. The van der Waals surface area contributed by atoms with Crippen LogP contribution in [-0.2, 0) is 11.3 Å². The molecule has 0 spiro atoms. The molecule has 0 radical (unpaired) electrons. The minimum Gasteiger partial charge on any atom is -0.420 e. The van der Waals surface area contributed by atoms with Crippen LogP contribution in [0.5, 0.6) is 0 Å². The van der Waals surface area contributed by atoms with Crippen LogP contribution in [0.4, 0.5) is 0 Å². The normalized spacial score (nSPS) is 27.8. The first-order valence-corrected chi connectivity index (χ1v) is 8.65. The molecule has 3 aromatic rings. The lowest BCUT2D eigenvalue weighted by atomic mass is 9.95. The zero-order valence-electron chi connectivity index (χ0n) is 14.6. The van der Waals surface area contributed by atoms with Crippen molar-refractivity contribution in [1.82, 2.24) is 25.2 Å². The van der Waals surface area contributed by atoms with Gasteiger partial charge in [0.2, 0.25) is 11.8 Å². The molecule has 11 heteroatoms. The van der Waals surface area contributed by atoms with Gasteiger partial charge in [-0.1, -0.05) is 35.5 Å². The number of aliphatic hydroxyl groups is 4. The van der Waals surface area contributed by atoms with Crippen LogP contribution in [0.25, 0.3) is 11.3 Å². The molecule has 3 heterocycles. The maximum atomic E-state index is 10.1. The van der Waals surface area contributed by atoms with Crippen LogP contribution in [-0.4, -0.2) is 76.6 Å². The number of rotatable bonds is 5. The molecular weight excluding hydrogens is 370 g/mol. The number of hydrogen-bond acceptors (Lipinski definition) is 10. The van der Waals surface area contributed by atoms with Gasteiger partial charge >= 0.3 is 0 Å². The molecule has 2 aromatic heterocycles. The quantitative estimate of drug-likeness (QED) is 0.421. The average molecular weight is 389 g/mol. The smallest absolute Gasteiger partial charge is 0.248 e. The minimum absolute atomic E-state index is 0.0738. The van der Waals surface area contributed by atoms with Crippen molar-refractivity contribution in [2.24, 2.45) is 0 Å². The first kappa shape index (κ1) is 18.7. The first-order valence-electron chi connectivity index (χ1n) is 8.65. The summed E-state index contributed by atoms with van der Waals surface area (Å²) in [7, 11) is 0. The molecule has 0 unspecified atom stereocenters. The highest BCUT2D eigenvalue weighted by Gasteiger charge is 2.46. The summed E-state index contributed by atoms with van der Waals surface area (Å²) in [6, 6.07) is 9.54. The van der Waals surface area contributed by atoms with Crippen LogP contribution in [0.3, 0.4) is 0 Å². The largest absolute Gasteiger partial charge is 0.420 e. The number of aliphatic hydroxyl groups excluding tert-OH is 4. The third kappa shape index (κ3) is 3.53. The van der Waals surface area contributed by atoms with Gasteiger partial charge in [0, 0.05) is 5.56 Å². The third-order valence-electron chi connectivity index (χ3n) is 4.52. The molecule has 11 nitrogen and oxygen atoms in total. The molecule has 0 amide bonds. The Morgan fingerprint density at radius 3 is 2.50 bits per heavy atom. The summed E-state index contributed by atoms with van der Waals surface area (Å²) in [5.41, 5.74) is 1.61. The summed E-state index contributed by atoms with van der Waals surface area (Å²) < 4.78 is 12.4. The van der Waals surface area contributed by atoms with Crippen LogP contribution in [0.2, 0.25) is 0 Å². The molecule has 1 saturated heterocycles. The molecule has 1 aliphatic rings. The van der Waals surface area contributed by atoms with Gasteiger partial charge in [-0.2, -0.15) is 0 Å². The van der Waals surface area contributed by atoms with Gasteiger partial charge in [-0.25, -0.2) is 4.68 Å². The topological polar surface area (TPSA) is 160 Å². The molecule has 1 aliphatic heterocycles. The maximum absolute atomic E-state index is 10.1. The molecule has 0 saturated carbocycles. The van der Waals surface area contributed by atoms with E-state index in [0.29, 0.717) is 5.69 Å². The fraction of sp³-hybridized carbons (Fsp3) is 0.412. The number of hydrogen-bond donors (Lipinski definition) is 4. The fourth-order valence-corrected chi connectivity index (χ4v) is 3.01. The summed E-state index contributed by atoms with van der Waals surface area (Å²) in [6.45, 7) is -0.395. The number of aromatic nitrogens is 5. The van der Waals surface area contributed by atoms with Gasteiger partial charge in [0.1, 0.15) is 36.7 Å². The van der Waals surface area contributed by atoms with Gasteiger partial charge in [-0.3, -0.25) is 0 Å². The SMILES string of the molecule is OC[C@H]1O[C@@H](c2nnc(Cn3cc(-c4ccccc4)nn3)o2)[C@H](O)[C@@H](O)[C@@H]1O. The lowest BCUT2D eigenvalue weighted by Crippen LogP contribution is -2.55. The molecule has 28 heavy (non-hydrogen) atoms. The molecule has 4 rings (SSSR count).